The van der Waals surface area contributed by atoms with Gasteiger partial charge in [0.15, 0.2) is 5.76 Å². The maximum absolute atomic E-state index is 12.7. The number of ether oxygens (including phenoxy) is 1. The number of carbonyl (C=O) groups excluding carboxylic acids is 1. The van der Waals surface area contributed by atoms with Crippen molar-refractivity contribution < 1.29 is 13.9 Å². The Bertz CT molecular complexity index is 864. The smallest absolute Gasteiger partial charge is 0.290 e. The summed E-state index contributed by atoms with van der Waals surface area (Å²) in [5.41, 5.74) is 2.20. The third-order valence-corrected chi connectivity index (χ3v) is 5.54. The second-order valence-electron chi connectivity index (χ2n) is 6.05. The van der Waals surface area contributed by atoms with Gasteiger partial charge in [-0.25, -0.2) is 0 Å². The van der Waals surface area contributed by atoms with Gasteiger partial charge in [0.05, 0.1) is 6.26 Å². The molecule has 0 spiro atoms. The third-order valence-electron chi connectivity index (χ3n) is 4.28. The SMILES string of the molecule is O=C(c1ccco1)N1CCSC1c1cccc(OCc2ccccc2)c1. The monoisotopic (exact) mass is 365 g/mol. The van der Waals surface area contributed by atoms with E-state index in [2.05, 4.69) is 0 Å². The number of carbonyl (C=O) groups is 1. The fraction of sp³-hybridized carbons (Fsp3) is 0.190. The molecular weight excluding hydrogens is 346 g/mol. The minimum atomic E-state index is -0.0689. The standard InChI is InChI=1S/C21H19NO3S/c23-20(19-10-5-12-24-19)22-11-13-26-21(22)17-8-4-9-18(14-17)25-15-16-6-2-1-3-7-16/h1-10,12,14,21H,11,13,15H2. The molecule has 4 rings (SSSR count). The lowest BCUT2D eigenvalue weighted by Gasteiger charge is -2.23. The van der Waals surface area contributed by atoms with Gasteiger partial charge in [0.25, 0.3) is 5.91 Å². The number of thioether (sulfide) groups is 1. The van der Waals surface area contributed by atoms with Crippen molar-refractivity contribution in [2.24, 2.45) is 0 Å². The van der Waals surface area contributed by atoms with Crippen LogP contribution in [0.15, 0.2) is 77.4 Å². The molecule has 1 unspecified atom stereocenters. The largest absolute Gasteiger partial charge is 0.489 e. The van der Waals surface area contributed by atoms with Crippen LogP contribution in [-0.4, -0.2) is 23.1 Å². The lowest BCUT2D eigenvalue weighted by Crippen LogP contribution is -2.30. The number of hydrogen-bond acceptors (Lipinski definition) is 4. The normalized spacial score (nSPS) is 16.6. The molecule has 1 saturated heterocycles. The molecule has 26 heavy (non-hydrogen) atoms. The Morgan fingerprint density at radius 2 is 2.00 bits per heavy atom. The van der Waals surface area contributed by atoms with Crippen LogP contribution < -0.4 is 4.74 Å². The highest BCUT2D eigenvalue weighted by Gasteiger charge is 2.32. The van der Waals surface area contributed by atoms with Gasteiger partial charge >= 0.3 is 0 Å². The summed E-state index contributed by atoms with van der Waals surface area (Å²) < 4.78 is 11.2. The molecule has 3 aromatic rings. The fourth-order valence-electron chi connectivity index (χ4n) is 2.99. The predicted octanol–water partition coefficient (Wildman–Crippen LogP) is 4.75. The topological polar surface area (TPSA) is 42.7 Å². The number of furan rings is 1. The zero-order valence-corrected chi connectivity index (χ0v) is 15.0. The van der Waals surface area contributed by atoms with Gasteiger partial charge in [-0.3, -0.25) is 4.79 Å². The number of hydrogen-bond donors (Lipinski definition) is 0. The second kappa shape index (κ2) is 7.70. The zero-order valence-electron chi connectivity index (χ0n) is 14.2. The zero-order chi connectivity index (χ0) is 17.8. The minimum Gasteiger partial charge on any atom is -0.489 e. The van der Waals surface area contributed by atoms with Crippen LogP contribution in [0.4, 0.5) is 0 Å². The first-order valence-corrected chi connectivity index (χ1v) is 9.59. The second-order valence-corrected chi connectivity index (χ2v) is 7.23. The van der Waals surface area contributed by atoms with E-state index >= 15 is 0 Å². The highest BCUT2D eigenvalue weighted by atomic mass is 32.2. The summed E-state index contributed by atoms with van der Waals surface area (Å²) in [4.78, 5) is 14.5. The van der Waals surface area contributed by atoms with E-state index in [0.717, 1.165) is 22.6 Å². The first-order chi connectivity index (χ1) is 12.8. The van der Waals surface area contributed by atoms with E-state index in [9.17, 15) is 4.79 Å². The van der Waals surface area contributed by atoms with Crippen LogP contribution in [-0.2, 0) is 6.61 Å². The maximum atomic E-state index is 12.7. The number of nitrogens with zero attached hydrogens (tertiary/aromatic N) is 1. The van der Waals surface area contributed by atoms with Gasteiger partial charge in [0.1, 0.15) is 17.7 Å². The molecule has 2 heterocycles. The molecule has 4 nitrogen and oxygen atoms in total. The summed E-state index contributed by atoms with van der Waals surface area (Å²) >= 11 is 1.76. The first-order valence-electron chi connectivity index (χ1n) is 8.54. The molecule has 2 aromatic carbocycles. The van der Waals surface area contributed by atoms with Crippen LogP contribution in [0.3, 0.4) is 0 Å². The van der Waals surface area contributed by atoms with Crippen LogP contribution in [0.1, 0.15) is 27.1 Å². The Kier molecular flexibility index (Phi) is 4.97. The van der Waals surface area contributed by atoms with Crippen molar-refractivity contribution >= 4 is 17.7 Å². The predicted molar refractivity (Wildman–Crippen MR) is 102 cm³/mol. The first kappa shape index (κ1) is 16.8. The van der Waals surface area contributed by atoms with Crippen molar-refractivity contribution in [3.8, 4) is 5.75 Å². The molecule has 1 fully saturated rings. The number of amides is 1. The maximum Gasteiger partial charge on any atom is 0.290 e. The van der Waals surface area contributed by atoms with Gasteiger partial charge in [0, 0.05) is 12.3 Å². The summed E-state index contributed by atoms with van der Waals surface area (Å²) in [6, 6.07) is 21.5. The van der Waals surface area contributed by atoms with Crippen molar-refractivity contribution in [1.29, 1.82) is 0 Å². The van der Waals surface area contributed by atoms with E-state index < -0.39 is 0 Å². The van der Waals surface area contributed by atoms with E-state index in [4.69, 9.17) is 9.15 Å². The molecule has 1 aliphatic heterocycles. The number of rotatable bonds is 5. The van der Waals surface area contributed by atoms with Crippen LogP contribution in [0.5, 0.6) is 5.75 Å². The third kappa shape index (κ3) is 3.63. The van der Waals surface area contributed by atoms with E-state index in [1.807, 2.05) is 59.5 Å². The summed E-state index contributed by atoms with van der Waals surface area (Å²) in [7, 11) is 0. The lowest BCUT2D eigenvalue weighted by molar-refractivity contribution is 0.0728. The molecule has 1 amide bonds. The number of benzene rings is 2. The van der Waals surface area contributed by atoms with Crippen molar-refractivity contribution in [2.75, 3.05) is 12.3 Å². The Morgan fingerprint density at radius 3 is 2.81 bits per heavy atom. The van der Waals surface area contributed by atoms with Crippen LogP contribution in [0.2, 0.25) is 0 Å². The van der Waals surface area contributed by atoms with Gasteiger partial charge in [0.2, 0.25) is 0 Å². The summed E-state index contributed by atoms with van der Waals surface area (Å²) in [5, 5.41) is -0.0205. The highest BCUT2D eigenvalue weighted by Crippen LogP contribution is 2.39. The van der Waals surface area contributed by atoms with Crippen LogP contribution in [0, 0.1) is 0 Å². The van der Waals surface area contributed by atoms with Gasteiger partial charge in [-0.2, -0.15) is 0 Å². The fourth-order valence-corrected chi connectivity index (χ4v) is 4.24. The van der Waals surface area contributed by atoms with Crippen molar-refractivity contribution in [3.05, 3.63) is 89.9 Å². The molecule has 0 saturated carbocycles. The lowest BCUT2D eigenvalue weighted by atomic mass is 10.2. The van der Waals surface area contributed by atoms with Gasteiger partial charge in [-0.1, -0.05) is 42.5 Å². The summed E-state index contributed by atoms with van der Waals surface area (Å²) in [6.45, 7) is 1.24. The minimum absolute atomic E-state index is 0.0205. The van der Waals surface area contributed by atoms with Crippen molar-refractivity contribution in [3.63, 3.8) is 0 Å². The Morgan fingerprint density at radius 1 is 1.12 bits per heavy atom. The van der Waals surface area contributed by atoms with Gasteiger partial charge in [-0.15, -0.1) is 11.8 Å². The molecule has 1 atom stereocenters. The molecule has 1 aromatic heterocycles. The van der Waals surface area contributed by atoms with Crippen LogP contribution >= 0.6 is 11.8 Å². The summed E-state index contributed by atoms with van der Waals surface area (Å²) in [6.07, 6.45) is 1.53. The van der Waals surface area contributed by atoms with E-state index in [1.54, 1.807) is 23.9 Å². The van der Waals surface area contributed by atoms with E-state index in [0.29, 0.717) is 18.9 Å². The molecule has 0 bridgehead atoms. The highest BCUT2D eigenvalue weighted by molar-refractivity contribution is 7.99. The Balaban J connectivity index is 1.49. The molecule has 132 valence electrons. The van der Waals surface area contributed by atoms with Crippen molar-refractivity contribution in [2.45, 2.75) is 12.0 Å². The summed E-state index contributed by atoms with van der Waals surface area (Å²) in [5.74, 6) is 2.03. The van der Waals surface area contributed by atoms with Crippen molar-refractivity contribution in [1.82, 2.24) is 4.90 Å². The molecule has 5 heteroatoms. The molecular formula is C21H19NO3S. The Labute approximate surface area is 156 Å². The average molecular weight is 365 g/mol. The molecule has 1 aliphatic rings. The van der Waals surface area contributed by atoms with E-state index in [-0.39, 0.29) is 11.3 Å². The average Bonchev–Trinajstić information content (AvgIpc) is 3.39. The van der Waals surface area contributed by atoms with Gasteiger partial charge in [-0.05, 0) is 35.4 Å². The van der Waals surface area contributed by atoms with Gasteiger partial charge < -0.3 is 14.1 Å². The Hall–Kier alpha value is -2.66. The van der Waals surface area contributed by atoms with Crippen LogP contribution in [0.25, 0.3) is 0 Å². The molecule has 0 radical (unpaired) electrons. The quantitative estimate of drug-likeness (QED) is 0.655. The molecule has 0 aliphatic carbocycles. The molecule has 0 N–H and O–H groups in total. The van der Waals surface area contributed by atoms with E-state index in [1.165, 1.54) is 6.26 Å².